The number of aromatic amines is 1. The standard InChI is InChI=1S/C13H16N2/c1-8-5-6-11-9(7-8)13-10(14)3-2-4-12(13)15-11/h5-7,10,15H,2-4,14H2,1H3. The second-order valence-electron chi connectivity index (χ2n) is 4.56. The van der Waals surface area contributed by atoms with Crippen molar-refractivity contribution >= 4 is 10.9 Å². The zero-order chi connectivity index (χ0) is 10.4. The van der Waals surface area contributed by atoms with Crippen molar-refractivity contribution in [1.82, 2.24) is 4.98 Å². The van der Waals surface area contributed by atoms with Crippen LogP contribution in [0.2, 0.25) is 0 Å². The summed E-state index contributed by atoms with van der Waals surface area (Å²) in [7, 11) is 0. The average Bonchev–Trinajstić information content (AvgIpc) is 2.57. The van der Waals surface area contributed by atoms with Gasteiger partial charge in [-0.05, 0) is 43.9 Å². The van der Waals surface area contributed by atoms with Gasteiger partial charge in [0, 0.05) is 22.6 Å². The van der Waals surface area contributed by atoms with Crippen molar-refractivity contribution < 1.29 is 0 Å². The molecule has 1 aliphatic carbocycles. The van der Waals surface area contributed by atoms with Crippen LogP contribution in [0, 0.1) is 6.92 Å². The van der Waals surface area contributed by atoms with Gasteiger partial charge < -0.3 is 10.7 Å². The summed E-state index contributed by atoms with van der Waals surface area (Å²) >= 11 is 0. The van der Waals surface area contributed by atoms with Gasteiger partial charge in [-0.3, -0.25) is 0 Å². The molecule has 1 unspecified atom stereocenters. The van der Waals surface area contributed by atoms with E-state index < -0.39 is 0 Å². The predicted molar refractivity (Wildman–Crippen MR) is 62.9 cm³/mol. The summed E-state index contributed by atoms with van der Waals surface area (Å²) in [6.07, 6.45) is 3.48. The molecule has 0 saturated carbocycles. The molecular weight excluding hydrogens is 184 g/mol. The molecule has 15 heavy (non-hydrogen) atoms. The summed E-state index contributed by atoms with van der Waals surface area (Å²) in [5, 5.41) is 1.33. The number of benzene rings is 1. The van der Waals surface area contributed by atoms with E-state index in [1.165, 1.54) is 34.1 Å². The quantitative estimate of drug-likeness (QED) is 0.674. The van der Waals surface area contributed by atoms with Gasteiger partial charge in [0.1, 0.15) is 0 Å². The fraction of sp³-hybridized carbons (Fsp3) is 0.385. The van der Waals surface area contributed by atoms with Gasteiger partial charge in [-0.2, -0.15) is 0 Å². The Kier molecular flexibility index (Phi) is 1.86. The van der Waals surface area contributed by atoms with E-state index in [9.17, 15) is 0 Å². The zero-order valence-corrected chi connectivity index (χ0v) is 9.01. The van der Waals surface area contributed by atoms with Gasteiger partial charge in [-0.1, -0.05) is 11.6 Å². The summed E-state index contributed by atoms with van der Waals surface area (Å²) < 4.78 is 0. The lowest BCUT2D eigenvalue weighted by molar-refractivity contribution is 0.569. The topological polar surface area (TPSA) is 41.8 Å². The number of fused-ring (bicyclic) bond motifs is 3. The molecule has 1 heterocycles. The molecule has 0 amide bonds. The summed E-state index contributed by atoms with van der Waals surface area (Å²) in [5.41, 5.74) is 11.5. The van der Waals surface area contributed by atoms with Crippen molar-refractivity contribution in [2.75, 3.05) is 0 Å². The third-order valence-electron chi connectivity index (χ3n) is 3.39. The number of aryl methyl sites for hydroxylation is 2. The number of nitrogens with two attached hydrogens (primary N) is 1. The zero-order valence-electron chi connectivity index (χ0n) is 9.01. The number of rotatable bonds is 0. The van der Waals surface area contributed by atoms with Gasteiger partial charge >= 0.3 is 0 Å². The number of aromatic nitrogens is 1. The van der Waals surface area contributed by atoms with Crippen LogP contribution < -0.4 is 5.73 Å². The van der Waals surface area contributed by atoms with Crippen LogP contribution in [-0.4, -0.2) is 4.98 Å². The molecule has 1 aromatic carbocycles. The molecule has 2 heteroatoms. The van der Waals surface area contributed by atoms with E-state index in [1.807, 2.05) is 0 Å². The number of nitrogens with one attached hydrogen (secondary N) is 1. The molecule has 0 spiro atoms. The molecule has 0 saturated heterocycles. The van der Waals surface area contributed by atoms with Gasteiger partial charge in [-0.25, -0.2) is 0 Å². The summed E-state index contributed by atoms with van der Waals surface area (Å²) in [6.45, 7) is 2.13. The second kappa shape index (κ2) is 3.11. The van der Waals surface area contributed by atoms with E-state index >= 15 is 0 Å². The predicted octanol–water partition coefficient (Wildman–Crippen LogP) is 2.81. The summed E-state index contributed by atoms with van der Waals surface area (Å²) in [4.78, 5) is 3.49. The maximum absolute atomic E-state index is 6.19. The van der Waals surface area contributed by atoms with E-state index in [2.05, 4.69) is 30.1 Å². The lowest BCUT2D eigenvalue weighted by Crippen LogP contribution is -2.16. The first-order chi connectivity index (χ1) is 7.25. The number of hydrogen-bond donors (Lipinski definition) is 2. The first kappa shape index (κ1) is 8.98. The molecule has 1 aliphatic rings. The Morgan fingerprint density at radius 2 is 2.27 bits per heavy atom. The van der Waals surface area contributed by atoms with Crippen LogP contribution in [0.3, 0.4) is 0 Å². The Morgan fingerprint density at radius 3 is 3.13 bits per heavy atom. The van der Waals surface area contributed by atoms with Crippen LogP contribution >= 0.6 is 0 Å². The molecule has 0 radical (unpaired) electrons. The molecule has 0 aliphatic heterocycles. The number of hydrogen-bond acceptors (Lipinski definition) is 1. The fourth-order valence-electron chi connectivity index (χ4n) is 2.65. The monoisotopic (exact) mass is 200 g/mol. The molecule has 0 fully saturated rings. The smallest absolute Gasteiger partial charge is 0.0459 e. The Labute approximate surface area is 89.5 Å². The van der Waals surface area contributed by atoms with Crippen LogP contribution in [0.15, 0.2) is 18.2 Å². The van der Waals surface area contributed by atoms with Crippen LogP contribution in [0.5, 0.6) is 0 Å². The molecule has 1 atom stereocenters. The van der Waals surface area contributed by atoms with E-state index in [-0.39, 0.29) is 6.04 Å². The van der Waals surface area contributed by atoms with Crippen molar-refractivity contribution in [2.24, 2.45) is 5.73 Å². The summed E-state index contributed by atoms with van der Waals surface area (Å²) in [6, 6.07) is 6.78. The molecule has 2 aromatic rings. The van der Waals surface area contributed by atoms with E-state index in [0.717, 1.165) is 12.8 Å². The second-order valence-corrected chi connectivity index (χ2v) is 4.56. The van der Waals surface area contributed by atoms with Crippen LogP contribution in [0.1, 0.15) is 35.7 Å². The Hall–Kier alpha value is -1.28. The van der Waals surface area contributed by atoms with Crippen molar-refractivity contribution in [3.63, 3.8) is 0 Å². The summed E-state index contributed by atoms with van der Waals surface area (Å²) in [5.74, 6) is 0. The third kappa shape index (κ3) is 1.29. The van der Waals surface area contributed by atoms with Crippen LogP contribution in [0.4, 0.5) is 0 Å². The first-order valence-corrected chi connectivity index (χ1v) is 5.62. The molecule has 3 rings (SSSR count). The largest absolute Gasteiger partial charge is 0.358 e. The van der Waals surface area contributed by atoms with Crippen LogP contribution in [0.25, 0.3) is 10.9 Å². The molecule has 0 bridgehead atoms. The minimum absolute atomic E-state index is 0.226. The Bertz CT molecular complexity index is 510. The van der Waals surface area contributed by atoms with Gasteiger partial charge in [-0.15, -0.1) is 0 Å². The third-order valence-corrected chi connectivity index (χ3v) is 3.39. The first-order valence-electron chi connectivity index (χ1n) is 5.62. The fourth-order valence-corrected chi connectivity index (χ4v) is 2.65. The van der Waals surface area contributed by atoms with Gasteiger partial charge in [0.25, 0.3) is 0 Å². The highest BCUT2D eigenvalue weighted by molar-refractivity contribution is 5.86. The molecular formula is C13H16N2. The van der Waals surface area contributed by atoms with Gasteiger partial charge in [0.05, 0.1) is 0 Å². The highest BCUT2D eigenvalue weighted by Gasteiger charge is 2.21. The van der Waals surface area contributed by atoms with E-state index in [0.29, 0.717) is 0 Å². The Morgan fingerprint density at radius 1 is 1.40 bits per heavy atom. The lowest BCUT2D eigenvalue weighted by atomic mass is 9.91. The molecule has 3 N–H and O–H groups in total. The molecule has 1 aromatic heterocycles. The maximum Gasteiger partial charge on any atom is 0.0459 e. The minimum atomic E-state index is 0.226. The lowest BCUT2D eigenvalue weighted by Gasteiger charge is -2.18. The van der Waals surface area contributed by atoms with Crippen LogP contribution in [-0.2, 0) is 6.42 Å². The van der Waals surface area contributed by atoms with Crippen molar-refractivity contribution in [1.29, 1.82) is 0 Å². The minimum Gasteiger partial charge on any atom is -0.358 e. The molecule has 2 nitrogen and oxygen atoms in total. The van der Waals surface area contributed by atoms with E-state index in [1.54, 1.807) is 0 Å². The molecule has 78 valence electrons. The van der Waals surface area contributed by atoms with E-state index in [4.69, 9.17) is 5.73 Å². The number of H-pyrrole nitrogens is 1. The highest BCUT2D eigenvalue weighted by Crippen LogP contribution is 2.34. The van der Waals surface area contributed by atoms with Crippen molar-refractivity contribution in [3.05, 3.63) is 35.0 Å². The highest BCUT2D eigenvalue weighted by atomic mass is 14.8. The average molecular weight is 200 g/mol. The SMILES string of the molecule is Cc1ccc2[nH]c3c(c2c1)C(N)CCC3. The normalized spacial score (nSPS) is 20.5. The van der Waals surface area contributed by atoms with Gasteiger partial charge in [0.2, 0.25) is 0 Å². The Balaban J connectivity index is 2.33. The maximum atomic E-state index is 6.19. The van der Waals surface area contributed by atoms with Crippen molar-refractivity contribution in [3.8, 4) is 0 Å². The van der Waals surface area contributed by atoms with Gasteiger partial charge in [0.15, 0.2) is 0 Å². The van der Waals surface area contributed by atoms with Crippen molar-refractivity contribution in [2.45, 2.75) is 32.2 Å².